The monoisotopic (exact) mass is 358 g/mol. The van der Waals surface area contributed by atoms with Crippen LogP contribution < -0.4 is 0 Å². The molecule has 1 atom stereocenters. The van der Waals surface area contributed by atoms with Crippen molar-refractivity contribution in [3.8, 4) is 5.88 Å². The zero-order valence-electron chi connectivity index (χ0n) is 13.9. The van der Waals surface area contributed by atoms with Crippen LogP contribution in [0.1, 0.15) is 22.3 Å². The summed E-state index contributed by atoms with van der Waals surface area (Å²) in [4.78, 5) is 7.44. The third-order valence-corrected chi connectivity index (χ3v) is 4.92. The number of aromatic nitrogens is 3. The summed E-state index contributed by atoms with van der Waals surface area (Å²) in [6.45, 7) is 10.3. The van der Waals surface area contributed by atoms with Gasteiger partial charge in [-0.05, 0) is 13.0 Å². The lowest BCUT2D eigenvalue weighted by atomic mass is 10.0. The highest BCUT2D eigenvalue weighted by molar-refractivity contribution is 7.17. The molecule has 0 saturated heterocycles. The molecule has 1 aromatic carbocycles. The van der Waals surface area contributed by atoms with Gasteiger partial charge < -0.3 is 5.11 Å². The van der Waals surface area contributed by atoms with E-state index in [1.54, 1.807) is 37.3 Å². The number of hydrogen-bond acceptors (Lipinski definition) is 5. The molecule has 0 radical (unpaired) electrons. The van der Waals surface area contributed by atoms with Gasteiger partial charge in [0.15, 0.2) is 0 Å². The van der Waals surface area contributed by atoms with Gasteiger partial charge in [0.05, 0.1) is 10.9 Å². The number of aryl methyl sites for hydroxylation is 1. The van der Waals surface area contributed by atoms with Crippen LogP contribution in [0.2, 0.25) is 0 Å². The van der Waals surface area contributed by atoms with Crippen LogP contribution in [0.25, 0.3) is 4.96 Å². The van der Waals surface area contributed by atoms with E-state index in [1.165, 1.54) is 21.9 Å². The minimum atomic E-state index is -0.494. The molecule has 5 nitrogen and oxygen atoms in total. The topological polar surface area (TPSA) is 53.7 Å². The lowest BCUT2D eigenvalue weighted by Gasteiger charge is -2.29. The summed E-state index contributed by atoms with van der Waals surface area (Å²) in [6.07, 6.45) is 3.49. The van der Waals surface area contributed by atoms with E-state index < -0.39 is 6.04 Å². The van der Waals surface area contributed by atoms with Crippen molar-refractivity contribution in [3.63, 3.8) is 0 Å². The van der Waals surface area contributed by atoms with Crippen LogP contribution in [-0.4, -0.2) is 37.7 Å². The Kier molecular flexibility index (Phi) is 4.96. The van der Waals surface area contributed by atoms with Gasteiger partial charge in [0.25, 0.3) is 0 Å². The third kappa shape index (κ3) is 3.20. The second kappa shape index (κ2) is 7.16. The van der Waals surface area contributed by atoms with Gasteiger partial charge in [-0.3, -0.25) is 4.90 Å². The normalized spacial score (nSPS) is 12.6. The predicted molar refractivity (Wildman–Crippen MR) is 97.5 cm³/mol. The Balaban J connectivity index is 2.19. The molecule has 7 heteroatoms. The first kappa shape index (κ1) is 17.3. The van der Waals surface area contributed by atoms with Crippen LogP contribution >= 0.6 is 11.3 Å². The van der Waals surface area contributed by atoms with Crippen LogP contribution in [-0.2, 0) is 0 Å². The molecule has 1 N–H and O–H groups in total. The van der Waals surface area contributed by atoms with E-state index in [4.69, 9.17) is 0 Å². The first-order valence-corrected chi connectivity index (χ1v) is 8.63. The maximum Gasteiger partial charge on any atom is 0.230 e. The highest BCUT2D eigenvalue weighted by Crippen LogP contribution is 2.40. The molecular weight excluding hydrogens is 339 g/mol. The maximum absolute atomic E-state index is 14.6. The zero-order chi connectivity index (χ0) is 18.0. The van der Waals surface area contributed by atoms with Gasteiger partial charge in [0, 0.05) is 18.7 Å². The SMILES string of the molecule is C=CCN(CC=C)C(c1ccccc1F)c1sc2nc(C)nn2c1O. The van der Waals surface area contributed by atoms with Gasteiger partial charge in [-0.1, -0.05) is 41.7 Å². The van der Waals surface area contributed by atoms with E-state index in [0.29, 0.717) is 34.3 Å². The lowest BCUT2D eigenvalue weighted by molar-refractivity contribution is 0.269. The Labute approximate surface area is 149 Å². The highest BCUT2D eigenvalue weighted by atomic mass is 32.1. The molecule has 1 unspecified atom stereocenters. The quantitative estimate of drug-likeness (QED) is 0.654. The summed E-state index contributed by atoms with van der Waals surface area (Å²) in [7, 11) is 0. The number of thiazole rings is 1. The van der Waals surface area contributed by atoms with Crippen molar-refractivity contribution < 1.29 is 9.50 Å². The Bertz CT molecular complexity index is 907. The van der Waals surface area contributed by atoms with Crippen LogP contribution in [0, 0.1) is 12.7 Å². The van der Waals surface area contributed by atoms with Crippen molar-refractivity contribution in [2.45, 2.75) is 13.0 Å². The van der Waals surface area contributed by atoms with E-state index in [2.05, 4.69) is 23.2 Å². The zero-order valence-corrected chi connectivity index (χ0v) is 14.7. The molecule has 3 rings (SSSR count). The van der Waals surface area contributed by atoms with Gasteiger partial charge in [0.1, 0.15) is 11.6 Å². The lowest BCUT2D eigenvalue weighted by Crippen LogP contribution is -2.30. The number of hydrogen-bond donors (Lipinski definition) is 1. The molecule has 0 bridgehead atoms. The van der Waals surface area contributed by atoms with Crippen LogP contribution in [0.3, 0.4) is 0 Å². The molecule has 0 amide bonds. The van der Waals surface area contributed by atoms with Gasteiger partial charge in [-0.25, -0.2) is 9.37 Å². The second-order valence-corrected chi connectivity index (χ2v) is 6.61. The molecule has 0 aliphatic rings. The fraction of sp³-hybridized carbons (Fsp3) is 0.222. The van der Waals surface area contributed by atoms with E-state index in [1.807, 2.05) is 4.90 Å². The molecule has 0 aliphatic heterocycles. The number of nitrogens with zero attached hydrogens (tertiary/aromatic N) is 4. The number of fused-ring (bicyclic) bond motifs is 1. The van der Waals surface area contributed by atoms with E-state index in [9.17, 15) is 9.50 Å². The number of aromatic hydroxyl groups is 1. The molecule has 3 aromatic rings. The van der Waals surface area contributed by atoms with E-state index in [0.717, 1.165) is 0 Å². The van der Waals surface area contributed by atoms with E-state index in [-0.39, 0.29) is 11.7 Å². The van der Waals surface area contributed by atoms with E-state index >= 15 is 0 Å². The van der Waals surface area contributed by atoms with Gasteiger partial charge in [0.2, 0.25) is 10.8 Å². The molecule has 25 heavy (non-hydrogen) atoms. The number of rotatable bonds is 7. The van der Waals surface area contributed by atoms with Crippen molar-refractivity contribution in [2.24, 2.45) is 0 Å². The Morgan fingerprint density at radius 1 is 1.32 bits per heavy atom. The fourth-order valence-corrected chi connectivity index (χ4v) is 4.00. The summed E-state index contributed by atoms with van der Waals surface area (Å²) in [5, 5.41) is 14.9. The van der Waals surface area contributed by atoms with Crippen molar-refractivity contribution >= 4 is 16.3 Å². The highest BCUT2D eigenvalue weighted by Gasteiger charge is 2.30. The summed E-state index contributed by atoms with van der Waals surface area (Å²) in [6, 6.07) is 6.07. The van der Waals surface area contributed by atoms with Crippen molar-refractivity contribution in [2.75, 3.05) is 13.1 Å². The summed E-state index contributed by atoms with van der Waals surface area (Å²) in [5.74, 6) is 0.219. The van der Waals surface area contributed by atoms with Crippen LogP contribution in [0.5, 0.6) is 5.88 Å². The fourth-order valence-electron chi connectivity index (χ4n) is 2.84. The van der Waals surface area contributed by atoms with Crippen molar-refractivity contribution in [1.29, 1.82) is 0 Å². The molecule has 2 aromatic heterocycles. The molecule has 130 valence electrons. The molecule has 2 heterocycles. The maximum atomic E-state index is 14.6. The van der Waals surface area contributed by atoms with Crippen molar-refractivity contribution in [3.05, 3.63) is 71.7 Å². The predicted octanol–water partition coefficient (Wildman–Crippen LogP) is 3.71. The number of benzene rings is 1. The minimum Gasteiger partial charge on any atom is -0.492 e. The first-order chi connectivity index (χ1) is 12.1. The van der Waals surface area contributed by atoms with Crippen molar-refractivity contribution in [1.82, 2.24) is 19.5 Å². The standard InChI is InChI=1S/C18H19FN4OS/c1-4-10-22(11-5-2)15(13-8-6-7-9-14(13)19)16-17(24)23-18(25-16)20-12(3)21-23/h4-9,15,24H,1-2,10-11H2,3H3. The molecule has 0 aliphatic carbocycles. The van der Waals surface area contributed by atoms with Gasteiger partial charge in [-0.2, -0.15) is 4.52 Å². The molecule has 0 spiro atoms. The Hall–Kier alpha value is -2.51. The Morgan fingerprint density at radius 3 is 2.60 bits per heavy atom. The summed E-state index contributed by atoms with van der Waals surface area (Å²) in [5.41, 5.74) is 0.475. The number of halogens is 1. The summed E-state index contributed by atoms with van der Waals surface area (Å²) >= 11 is 1.30. The Morgan fingerprint density at radius 2 is 2.00 bits per heavy atom. The smallest absolute Gasteiger partial charge is 0.230 e. The minimum absolute atomic E-state index is 0.0213. The molecule has 0 fully saturated rings. The largest absolute Gasteiger partial charge is 0.492 e. The third-order valence-electron chi connectivity index (χ3n) is 3.85. The van der Waals surface area contributed by atoms with Gasteiger partial charge >= 0.3 is 0 Å². The first-order valence-electron chi connectivity index (χ1n) is 7.82. The molecule has 0 saturated carbocycles. The average Bonchev–Trinajstić information content (AvgIpc) is 3.08. The second-order valence-electron chi connectivity index (χ2n) is 5.60. The van der Waals surface area contributed by atoms with Crippen LogP contribution in [0.15, 0.2) is 49.6 Å². The average molecular weight is 358 g/mol. The summed E-state index contributed by atoms with van der Waals surface area (Å²) < 4.78 is 15.9. The molecular formula is C18H19FN4OS. The van der Waals surface area contributed by atoms with Gasteiger partial charge in [-0.15, -0.1) is 18.3 Å². The van der Waals surface area contributed by atoms with Crippen LogP contribution in [0.4, 0.5) is 4.39 Å².